The molecule has 1 aromatic heterocycles. The van der Waals surface area contributed by atoms with Crippen LogP contribution in [0.3, 0.4) is 0 Å². The van der Waals surface area contributed by atoms with Crippen molar-refractivity contribution in [2.45, 2.75) is 26.1 Å². The second kappa shape index (κ2) is 10.5. The first-order chi connectivity index (χ1) is 16.4. The highest BCUT2D eigenvalue weighted by Crippen LogP contribution is 2.20. The van der Waals surface area contributed by atoms with Crippen LogP contribution in [0.15, 0.2) is 83.7 Å². The minimum absolute atomic E-state index is 0.0245. The van der Waals surface area contributed by atoms with Crippen LogP contribution in [0.25, 0.3) is 10.9 Å². The molecule has 0 saturated carbocycles. The maximum Gasteiger partial charge on any atom is 0.253 e. The summed E-state index contributed by atoms with van der Waals surface area (Å²) >= 11 is 5.76. The Kier molecular flexibility index (Phi) is 7.23. The third-order valence-electron chi connectivity index (χ3n) is 5.70. The van der Waals surface area contributed by atoms with E-state index in [0.717, 1.165) is 22.0 Å². The summed E-state index contributed by atoms with van der Waals surface area (Å²) in [6, 6.07) is 23.6. The number of ether oxygens (including phenoxy) is 1. The number of methoxy groups -OCH3 is 1. The number of fused-ring (bicyclic) bond motifs is 1. The third-order valence-corrected chi connectivity index (χ3v) is 6.08. The summed E-state index contributed by atoms with van der Waals surface area (Å²) in [7, 11) is 1.61. The van der Waals surface area contributed by atoms with E-state index in [9.17, 15) is 9.18 Å². The van der Waals surface area contributed by atoms with Crippen molar-refractivity contribution in [3.63, 3.8) is 0 Å². The number of aromatic amines is 1. The van der Waals surface area contributed by atoms with Gasteiger partial charge < -0.3 is 19.9 Å². The maximum absolute atomic E-state index is 13.4. The Morgan fingerprint density at radius 2 is 1.79 bits per heavy atom. The Morgan fingerprint density at radius 3 is 2.50 bits per heavy atom. The van der Waals surface area contributed by atoms with E-state index < -0.39 is 0 Å². The molecule has 2 N–H and O–H groups in total. The number of hydrogen-bond donors (Lipinski definition) is 2. The Bertz CT molecular complexity index is 1340. The van der Waals surface area contributed by atoms with Gasteiger partial charge in [0.2, 0.25) is 0 Å². The lowest BCUT2D eigenvalue weighted by atomic mass is 10.1. The molecule has 0 spiro atoms. The molecule has 4 aromatic rings. The molecule has 3 aromatic carbocycles. The van der Waals surface area contributed by atoms with Crippen molar-refractivity contribution < 1.29 is 9.13 Å². The standard InChI is InChI=1S/C27H26FN3O2S/c1-18(20-6-4-3-5-7-20)29-27(34)31(16-19-8-10-23(28)11-9-19)17-22-14-21-15-24(33-2)12-13-25(21)30-26(22)32/h3-15,18H,16-17H2,1-2H3,(H,29,34)(H,30,32). The molecule has 7 heteroatoms. The smallest absolute Gasteiger partial charge is 0.253 e. The zero-order valence-corrected chi connectivity index (χ0v) is 19.9. The summed E-state index contributed by atoms with van der Waals surface area (Å²) < 4.78 is 18.8. The fourth-order valence-corrected chi connectivity index (χ4v) is 4.10. The van der Waals surface area contributed by atoms with Gasteiger partial charge in [-0.15, -0.1) is 0 Å². The molecule has 0 fully saturated rings. The number of rotatable bonds is 7. The lowest BCUT2D eigenvalue weighted by molar-refractivity contribution is 0.392. The van der Waals surface area contributed by atoms with Crippen molar-refractivity contribution in [2.75, 3.05) is 7.11 Å². The molecular weight excluding hydrogens is 449 g/mol. The molecule has 1 heterocycles. The van der Waals surface area contributed by atoms with Crippen LogP contribution in [0.5, 0.6) is 5.75 Å². The Morgan fingerprint density at radius 1 is 1.06 bits per heavy atom. The van der Waals surface area contributed by atoms with Gasteiger partial charge >= 0.3 is 0 Å². The molecule has 0 radical (unpaired) electrons. The second-order valence-corrected chi connectivity index (χ2v) is 8.53. The number of H-pyrrole nitrogens is 1. The first-order valence-electron chi connectivity index (χ1n) is 11.0. The lowest BCUT2D eigenvalue weighted by Gasteiger charge is -2.28. The molecule has 0 bridgehead atoms. The normalized spacial score (nSPS) is 11.7. The Hall–Kier alpha value is -3.71. The van der Waals surface area contributed by atoms with E-state index in [-0.39, 0.29) is 24.0 Å². The Balaban J connectivity index is 1.63. The van der Waals surface area contributed by atoms with E-state index in [1.54, 1.807) is 19.2 Å². The van der Waals surface area contributed by atoms with Gasteiger partial charge in [-0.2, -0.15) is 0 Å². The molecule has 174 valence electrons. The number of halogens is 1. The highest BCUT2D eigenvalue weighted by atomic mass is 32.1. The van der Waals surface area contributed by atoms with Crippen LogP contribution in [0.4, 0.5) is 4.39 Å². The first kappa shape index (κ1) is 23.4. The number of pyridine rings is 1. The predicted octanol–water partition coefficient (Wildman–Crippen LogP) is 5.31. The molecule has 1 atom stereocenters. The van der Waals surface area contributed by atoms with Gasteiger partial charge in [-0.1, -0.05) is 42.5 Å². The van der Waals surface area contributed by atoms with Crippen LogP contribution in [0, 0.1) is 5.82 Å². The summed E-state index contributed by atoms with van der Waals surface area (Å²) in [6.45, 7) is 2.74. The average molecular weight is 476 g/mol. The molecule has 0 aliphatic heterocycles. The van der Waals surface area contributed by atoms with E-state index in [2.05, 4.69) is 10.3 Å². The van der Waals surface area contributed by atoms with E-state index in [1.807, 2.05) is 66.4 Å². The highest BCUT2D eigenvalue weighted by Gasteiger charge is 2.17. The van der Waals surface area contributed by atoms with Crippen molar-refractivity contribution in [1.29, 1.82) is 0 Å². The van der Waals surface area contributed by atoms with E-state index in [4.69, 9.17) is 17.0 Å². The van der Waals surface area contributed by atoms with Crippen molar-refractivity contribution in [3.05, 3.63) is 112 Å². The molecule has 0 aliphatic rings. The highest BCUT2D eigenvalue weighted by molar-refractivity contribution is 7.80. The molecule has 0 saturated heterocycles. The summed E-state index contributed by atoms with van der Waals surface area (Å²) in [4.78, 5) is 17.7. The minimum atomic E-state index is -0.298. The molecule has 5 nitrogen and oxygen atoms in total. The number of aromatic nitrogens is 1. The number of thiocarbonyl (C=S) groups is 1. The topological polar surface area (TPSA) is 57.4 Å². The SMILES string of the molecule is COc1ccc2[nH]c(=O)c(CN(Cc3ccc(F)cc3)C(=S)NC(C)c3ccccc3)cc2c1. The summed E-state index contributed by atoms with van der Waals surface area (Å²) in [5.41, 5.74) is 3.11. The van der Waals surface area contributed by atoms with E-state index in [1.165, 1.54) is 12.1 Å². The summed E-state index contributed by atoms with van der Waals surface area (Å²) in [6.07, 6.45) is 0. The fraction of sp³-hybridized carbons (Fsp3) is 0.185. The van der Waals surface area contributed by atoms with Crippen molar-refractivity contribution >= 4 is 28.2 Å². The summed E-state index contributed by atoms with van der Waals surface area (Å²) in [5.74, 6) is 0.413. The van der Waals surface area contributed by atoms with Gasteiger partial charge in [0, 0.05) is 23.0 Å². The van der Waals surface area contributed by atoms with Crippen molar-refractivity contribution in [2.24, 2.45) is 0 Å². The van der Waals surface area contributed by atoms with Gasteiger partial charge in [0.25, 0.3) is 5.56 Å². The van der Waals surface area contributed by atoms with Crippen LogP contribution in [-0.2, 0) is 13.1 Å². The number of hydrogen-bond acceptors (Lipinski definition) is 3. The quantitative estimate of drug-likeness (QED) is 0.355. The zero-order valence-electron chi connectivity index (χ0n) is 19.0. The zero-order chi connectivity index (χ0) is 24.1. The minimum Gasteiger partial charge on any atom is -0.497 e. The van der Waals surface area contributed by atoms with Crippen LogP contribution in [0.2, 0.25) is 0 Å². The van der Waals surface area contributed by atoms with Crippen LogP contribution >= 0.6 is 12.2 Å². The average Bonchev–Trinajstić information content (AvgIpc) is 2.85. The number of nitrogens with one attached hydrogen (secondary N) is 2. The van der Waals surface area contributed by atoms with Crippen LogP contribution in [0.1, 0.15) is 29.7 Å². The van der Waals surface area contributed by atoms with E-state index in [0.29, 0.717) is 23.0 Å². The monoisotopic (exact) mass is 475 g/mol. The second-order valence-electron chi connectivity index (χ2n) is 8.14. The molecule has 0 amide bonds. The maximum atomic E-state index is 13.4. The predicted molar refractivity (Wildman–Crippen MR) is 137 cm³/mol. The molecule has 34 heavy (non-hydrogen) atoms. The summed E-state index contributed by atoms with van der Waals surface area (Å²) in [5, 5.41) is 4.75. The third kappa shape index (κ3) is 5.61. The molecule has 4 rings (SSSR count). The van der Waals surface area contributed by atoms with Gasteiger partial charge in [-0.05, 0) is 66.7 Å². The van der Waals surface area contributed by atoms with E-state index >= 15 is 0 Å². The number of benzene rings is 3. The van der Waals surface area contributed by atoms with Gasteiger partial charge in [-0.25, -0.2) is 4.39 Å². The van der Waals surface area contributed by atoms with Crippen molar-refractivity contribution in [1.82, 2.24) is 15.2 Å². The molecule has 1 unspecified atom stereocenters. The van der Waals surface area contributed by atoms with Gasteiger partial charge in [0.05, 0.1) is 19.7 Å². The van der Waals surface area contributed by atoms with Crippen molar-refractivity contribution in [3.8, 4) is 5.75 Å². The van der Waals surface area contributed by atoms with Gasteiger partial charge in [-0.3, -0.25) is 4.79 Å². The fourth-order valence-electron chi connectivity index (χ4n) is 3.79. The lowest BCUT2D eigenvalue weighted by Crippen LogP contribution is -2.41. The van der Waals surface area contributed by atoms with Crippen LogP contribution < -0.4 is 15.6 Å². The van der Waals surface area contributed by atoms with Gasteiger partial charge in [0.1, 0.15) is 11.6 Å². The number of nitrogens with zero attached hydrogens (tertiary/aromatic N) is 1. The van der Waals surface area contributed by atoms with Gasteiger partial charge in [0.15, 0.2) is 5.11 Å². The van der Waals surface area contributed by atoms with Crippen LogP contribution in [-0.4, -0.2) is 22.1 Å². The first-order valence-corrected chi connectivity index (χ1v) is 11.4. The molecule has 0 aliphatic carbocycles. The largest absolute Gasteiger partial charge is 0.497 e. The Labute approximate surface area is 203 Å². The molecular formula is C27H26FN3O2S.